The van der Waals surface area contributed by atoms with Crippen LogP contribution in [0.15, 0.2) is 10.6 Å². The standard InChI is InChI=1S/C15H21NOS/c1-10(14(17)18-2)9-16-15-6-11-3-12(7-15)5-13(4-11)8-15/h11-13H,3-8H2,1-2H3. The summed E-state index contributed by atoms with van der Waals surface area (Å²) in [5, 5.41) is 0.100. The average molecular weight is 263 g/mol. The van der Waals surface area contributed by atoms with E-state index in [9.17, 15) is 4.79 Å². The lowest BCUT2D eigenvalue weighted by Gasteiger charge is -2.54. The highest BCUT2D eigenvalue weighted by Gasteiger charge is 2.50. The van der Waals surface area contributed by atoms with E-state index in [1.807, 2.05) is 13.2 Å². The fourth-order valence-corrected chi connectivity index (χ4v) is 4.95. The number of thioether (sulfide) groups is 1. The number of carbonyl (C=O) groups is 1. The van der Waals surface area contributed by atoms with E-state index in [0.717, 1.165) is 17.8 Å². The van der Waals surface area contributed by atoms with Crippen molar-refractivity contribution < 1.29 is 4.79 Å². The van der Waals surface area contributed by atoms with Gasteiger partial charge >= 0.3 is 0 Å². The molecule has 0 radical (unpaired) electrons. The molecule has 0 amide bonds. The van der Waals surface area contributed by atoms with Gasteiger partial charge in [-0.15, -0.1) is 0 Å². The first-order valence-electron chi connectivity index (χ1n) is 7.00. The van der Waals surface area contributed by atoms with Crippen molar-refractivity contribution in [3.05, 3.63) is 5.57 Å². The van der Waals surface area contributed by atoms with Gasteiger partial charge in [-0.05, 0) is 75.3 Å². The van der Waals surface area contributed by atoms with Crippen LogP contribution in [-0.2, 0) is 4.79 Å². The summed E-state index contributed by atoms with van der Waals surface area (Å²) in [6.45, 7) is 1.84. The van der Waals surface area contributed by atoms with Crippen molar-refractivity contribution >= 4 is 22.7 Å². The minimum absolute atomic E-state index is 0.100. The van der Waals surface area contributed by atoms with Crippen LogP contribution in [0.5, 0.6) is 0 Å². The highest BCUT2D eigenvalue weighted by molar-refractivity contribution is 8.13. The SMILES string of the molecule is CSC(=O)C(C)=C=NC12CC3CC(CC(C3)C1)C2. The summed E-state index contributed by atoms with van der Waals surface area (Å²) >= 11 is 1.25. The molecule has 0 unspecified atom stereocenters. The minimum Gasteiger partial charge on any atom is -0.281 e. The molecule has 0 atom stereocenters. The molecule has 4 rings (SSSR count). The Kier molecular flexibility index (Phi) is 3.15. The number of hydrogen-bond donors (Lipinski definition) is 0. The van der Waals surface area contributed by atoms with Gasteiger partial charge in [-0.2, -0.15) is 0 Å². The number of carbonyl (C=O) groups excluding carboxylic acids is 1. The van der Waals surface area contributed by atoms with Crippen LogP contribution in [0, 0.1) is 17.8 Å². The van der Waals surface area contributed by atoms with Gasteiger partial charge in [-0.3, -0.25) is 4.79 Å². The number of aliphatic imine (C=N–C) groups is 1. The Hall–Kier alpha value is -0.530. The van der Waals surface area contributed by atoms with E-state index in [0.29, 0.717) is 5.57 Å². The van der Waals surface area contributed by atoms with E-state index in [1.54, 1.807) is 0 Å². The van der Waals surface area contributed by atoms with Crippen LogP contribution in [0.25, 0.3) is 0 Å². The first-order valence-corrected chi connectivity index (χ1v) is 8.22. The maximum atomic E-state index is 11.5. The maximum absolute atomic E-state index is 11.5. The second-order valence-electron chi connectivity index (χ2n) is 6.48. The zero-order chi connectivity index (χ0) is 12.8. The van der Waals surface area contributed by atoms with Gasteiger partial charge in [0.05, 0.1) is 11.1 Å². The molecule has 4 aliphatic carbocycles. The van der Waals surface area contributed by atoms with Crippen LogP contribution >= 0.6 is 11.8 Å². The molecule has 0 aromatic carbocycles. The van der Waals surface area contributed by atoms with Crippen molar-refractivity contribution in [3.8, 4) is 0 Å². The smallest absolute Gasteiger partial charge is 0.224 e. The summed E-state index contributed by atoms with van der Waals surface area (Å²) in [7, 11) is 0. The molecule has 4 saturated carbocycles. The molecule has 0 aliphatic heterocycles. The monoisotopic (exact) mass is 263 g/mol. The Bertz CT molecular complexity index is 398. The largest absolute Gasteiger partial charge is 0.281 e. The van der Waals surface area contributed by atoms with E-state index in [-0.39, 0.29) is 10.7 Å². The van der Waals surface area contributed by atoms with Gasteiger partial charge in [0.2, 0.25) is 5.12 Å². The van der Waals surface area contributed by atoms with Crippen LogP contribution in [-0.4, -0.2) is 22.8 Å². The quantitative estimate of drug-likeness (QED) is 0.564. The molecule has 0 heterocycles. The van der Waals surface area contributed by atoms with Gasteiger partial charge in [0.15, 0.2) is 0 Å². The van der Waals surface area contributed by atoms with Gasteiger partial charge in [0.1, 0.15) is 0 Å². The molecule has 18 heavy (non-hydrogen) atoms. The molecule has 4 fully saturated rings. The van der Waals surface area contributed by atoms with Crippen LogP contribution in [0.4, 0.5) is 0 Å². The first kappa shape index (κ1) is 12.5. The van der Waals surface area contributed by atoms with E-state index in [4.69, 9.17) is 4.99 Å². The van der Waals surface area contributed by atoms with Crippen molar-refractivity contribution in [2.75, 3.05) is 6.26 Å². The Morgan fingerprint density at radius 2 is 1.67 bits per heavy atom. The molecule has 3 heteroatoms. The molecule has 2 nitrogen and oxygen atoms in total. The first-order chi connectivity index (χ1) is 8.60. The molecule has 0 N–H and O–H groups in total. The van der Waals surface area contributed by atoms with Gasteiger partial charge in [-0.25, -0.2) is 4.99 Å². The number of hydrogen-bond acceptors (Lipinski definition) is 3. The molecule has 98 valence electrons. The van der Waals surface area contributed by atoms with E-state index < -0.39 is 0 Å². The summed E-state index contributed by atoms with van der Waals surface area (Å²) in [6.07, 6.45) is 9.84. The molecular weight excluding hydrogens is 242 g/mol. The molecule has 0 saturated heterocycles. The van der Waals surface area contributed by atoms with E-state index in [2.05, 4.69) is 5.87 Å². The van der Waals surface area contributed by atoms with Crippen molar-refractivity contribution in [2.45, 2.75) is 51.0 Å². The number of nitrogens with zero attached hydrogens (tertiary/aromatic N) is 1. The fourth-order valence-electron chi connectivity index (χ4n) is 4.60. The molecule has 4 aliphatic rings. The Balaban J connectivity index is 1.84. The molecular formula is C15H21NOS. The second kappa shape index (κ2) is 4.54. The van der Waals surface area contributed by atoms with Crippen LogP contribution in [0.1, 0.15) is 45.4 Å². The van der Waals surface area contributed by atoms with Gasteiger partial charge in [-0.1, -0.05) is 11.8 Å². The highest BCUT2D eigenvalue weighted by Crippen LogP contribution is 2.57. The topological polar surface area (TPSA) is 29.4 Å². The van der Waals surface area contributed by atoms with Crippen molar-refractivity contribution in [3.63, 3.8) is 0 Å². The van der Waals surface area contributed by atoms with E-state index >= 15 is 0 Å². The van der Waals surface area contributed by atoms with Crippen molar-refractivity contribution in [2.24, 2.45) is 22.7 Å². The number of rotatable bonds is 2. The zero-order valence-corrected chi connectivity index (χ0v) is 12.1. The Morgan fingerprint density at radius 1 is 1.17 bits per heavy atom. The average Bonchev–Trinajstić information content (AvgIpc) is 2.33. The van der Waals surface area contributed by atoms with E-state index in [1.165, 1.54) is 50.3 Å². The van der Waals surface area contributed by atoms with Gasteiger partial charge in [0, 0.05) is 0 Å². The summed E-state index contributed by atoms with van der Waals surface area (Å²) < 4.78 is 0. The third-order valence-corrected chi connectivity index (χ3v) is 5.64. The normalized spacial score (nSPS) is 40.4. The molecule has 0 aromatic heterocycles. The van der Waals surface area contributed by atoms with Gasteiger partial charge in [0.25, 0.3) is 0 Å². The molecule has 0 aromatic rings. The lowest BCUT2D eigenvalue weighted by Crippen LogP contribution is -2.49. The minimum atomic E-state index is 0.100. The molecule has 0 spiro atoms. The molecule has 4 bridgehead atoms. The summed E-state index contributed by atoms with van der Waals surface area (Å²) in [5.41, 5.74) is 0.826. The predicted molar refractivity (Wildman–Crippen MR) is 76.0 cm³/mol. The third-order valence-electron chi connectivity index (χ3n) is 4.96. The lowest BCUT2D eigenvalue weighted by atomic mass is 9.53. The van der Waals surface area contributed by atoms with Gasteiger partial charge < -0.3 is 0 Å². The van der Waals surface area contributed by atoms with Crippen LogP contribution in [0.2, 0.25) is 0 Å². The van der Waals surface area contributed by atoms with Crippen LogP contribution in [0.3, 0.4) is 0 Å². The fraction of sp³-hybridized carbons (Fsp3) is 0.800. The third kappa shape index (κ3) is 2.19. The Labute approximate surface area is 113 Å². The zero-order valence-electron chi connectivity index (χ0n) is 11.2. The second-order valence-corrected chi connectivity index (χ2v) is 7.26. The summed E-state index contributed by atoms with van der Waals surface area (Å²) in [6, 6.07) is 0. The lowest BCUT2D eigenvalue weighted by molar-refractivity contribution is -0.107. The highest BCUT2D eigenvalue weighted by atomic mass is 32.2. The summed E-state index contributed by atoms with van der Waals surface area (Å²) in [5.74, 6) is 5.77. The predicted octanol–water partition coefficient (Wildman–Crippen LogP) is 3.46. The summed E-state index contributed by atoms with van der Waals surface area (Å²) in [4.78, 5) is 16.3. The Morgan fingerprint density at radius 3 is 2.11 bits per heavy atom. The van der Waals surface area contributed by atoms with Crippen molar-refractivity contribution in [1.82, 2.24) is 0 Å². The van der Waals surface area contributed by atoms with Crippen LogP contribution < -0.4 is 0 Å². The van der Waals surface area contributed by atoms with Crippen molar-refractivity contribution in [1.29, 1.82) is 0 Å². The maximum Gasteiger partial charge on any atom is 0.224 e.